The minimum absolute atomic E-state index is 0.0220. The van der Waals surface area contributed by atoms with E-state index in [2.05, 4.69) is 36.4 Å². The highest BCUT2D eigenvalue weighted by molar-refractivity contribution is 9.11. The molecule has 0 aliphatic carbocycles. The number of phenolic OH excluding ortho intramolecular Hbond substituents is 1. The van der Waals surface area contributed by atoms with Crippen molar-refractivity contribution < 1.29 is 28.4 Å². The second-order valence-corrected chi connectivity index (χ2v) is 8.29. The lowest BCUT2D eigenvalue weighted by atomic mass is 10.1. The van der Waals surface area contributed by atoms with Crippen molar-refractivity contribution in [3.63, 3.8) is 0 Å². The Kier molecular flexibility index (Phi) is 5.02. The van der Waals surface area contributed by atoms with Gasteiger partial charge in [-0.15, -0.1) is 0 Å². The Morgan fingerprint density at radius 3 is 2.31 bits per heavy atom. The van der Waals surface area contributed by atoms with Crippen LogP contribution >= 0.6 is 39.7 Å². The van der Waals surface area contributed by atoms with Crippen LogP contribution < -0.4 is 9.95 Å². The van der Waals surface area contributed by atoms with Gasteiger partial charge >= 0.3 is 7.82 Å². The van der Waals surface area contributed by atoms with E-state index in [1.807, 2.05) is 0 Å². The highest BCUT2D eigenvalue weighted by Gasteiger charge is 2.19. The van der Waals surface area contributed by atoms with Crippen molar-refractivity contribution in [3.05, 3.63) is 55.1 Å². The summed E-state index contributed by atoms with van der Waals surface area (Å²) in [5.41, 5.74) is 0.732. The van der Waals surface area contributed by atoms with E-state index in [0.29, 0.717) is 25.8 Å². The van der Waals surface area contributed by atoms with E-state index in [4.69, 9.17) is 14.2 Å². The molecule has 136 valence electrons. The Balaban J connectivity index is 2.21. The summed E-state index contributed by atoms with van der Waals surface area (Å²) in [4.78, 5) is 30.5. The monoisotopic (exact) mass is 504 g/mol. The molecule has 0 radical (unpaired) electrons. The summed E-state index contributed by atoms with van der Waals surface area (Å²) in [6, 6.07) is 7.14. The average molecular weight is 506 g/mol. The van der Waals surface area contributed by atoms with Crippen LogP contribution in [0.5, 0.6) is 11.5 Å². The molecule has 3 rings (SSSR count). The van der Waals surface area contributed by atoms with Gasteiger partial charge in [0.2, 0.25) is 0 Å². The number of rotatable bonds is 3. The maximum atomic E-state index is 12.7. The molecule has 0 aliphatic heterocycles. The number of phenols is 1. The van der Waals surface area contributed by atoms with Crippen molar-refractivity contribution in [2.24, 2.45) is 0 Å². The van der Waals surface area contributed by atoms with Crippen LogP contribution in [-0.2, 0) is 4.57 Å². The number of aromatic hydroxyl groups is 1. The lowest BCUT2D eigenvalue weighted by molar-refractivity contribution is 0.283. The molecule has 26 heavy (non-hydrogen) atoms. The predicted octanol–water partition coefficient (Wildman–Crippen LogP) is 4.47. The van der Waals surface area contributed by atoms with Crippen LogP contribution in [-0.4, -0.2) is 14.9 Å². The number of hydrogen-bond acceptors (Lipinski definition) is 5. The summed E-state index contributed by atoms with van der Waals surface area (Å²) in [6.45, 7) is 1.58. The van der Waals surface area contributed by atoms with E-state index in [1.54, 1.807) is 19.1 Å². The molecule has 3 N–H and O–H groups in total. The molecular formula is C16H11Br2O7P. The van der Waals surface area contributed by atoms with Gasteiger partial charge in [-0.2, -0.15) is 0 Å². The molecule has 1 heterocycles. The number of phosphoric acid groups is 1. The Morgan fingerprint density at radius 1 is 1.12 bits per heavy atom. The maximum Gasteiger partial charge on any atom is 0.524 e. The fourth-order valence-electron chi connectivity index (χ4n) is 2.43. The highest BCUT2D eigenvalue weighted by atomic mass is 79.9. The van der Waals surface area contributed by atoms with Crippen LogP contribution in [0.3, 0.4) is 0 Å². The molecule has 3 aromatic rings. The second kappa shape index (κ2) is 6.83. The fourth-order valence-corrected chi connectivity index (χ4v) is 4.01. The largest absolute Gasteiger partial charge is 0.524 e. The van der Waals surface area contributed by atoms with E-state index in [9.17, 15) is 14.5 Å². The Morgan fingerprint density at radius 2 is 1.73 bits per heavy atom. The Hall–Kier alpha value is -1.64. The first-order chi connectivity index (χ1) is 12.1. The number of benzene rings is 2. The molecule has 1 aromatic heterocycles. The van der Waals surface area contributed by atoms with E-state index in [-0.39, 0.29) is 27.9 Å². The molecule has 0 amide bonds. The molecule has 0 saturated carbocycles. The first kappa shape index (κ1) is 19.1. The fraction of sp³-hybridized carbons (Fsp3) is 0.0625. The number of halogens is 2. The Bertz CT molecular complexity index is 1110. The second-order valence-electron chi connectivity index (χ2n) is 5.41. The van der Waals surface area contributed by atoms with Gasteiger partial charge in [-0.25, -0.2) is 4.57 Å². The molecule has 7 nitrogen and oxygen atoms in total. The highest BCUT2D eigenvalue weighted by Crippen LogP contribution is 2.40. The molecular weight excluding hydrogens is 495 g/mol. The third-order valence-electron chi connectivity index (χ3n) is 3.59. The summed E-state index contributed by atoms with van der Waals surface area (Å²) in [5.74, 6) is 0.196. The van der Waals surface area contributed by atoms with Crippen LogP contribution in [0.15, 0.2) is 48.5 Å². The lowest BCUT2D eigenvalue weighted by Gasteiger charge is -2.11. The molecule has 0 saturated heterocycles. The van der Waals surface area contributed by atoms with Crippen molar-refractivity contribution in [2.75, 3.05) is 0 Å². The van der Waals surface area contributed by atoms with Gasteiger partial charge in [0, 0.05) is 11.1 Å². The van der Waals surface area contributed by atoms with Crippen molar-refractivity contribution in [2.45, 2.75) is 6.92 Å². The molecule has 0 fully saturated rings. The summed E-state index contributed by atoms with van der Waals surface area (Å²) in [6.07, 6.45) is 0. The van der Waals surface area contributed by atoms with Gasteiger partial charge in [0.05, 0.1) is 14.3 Å². The van der Waals surface area contributed by atoms with Crippen LogP contribution in [0, 0.1) is 6.92 Å². The van der Waals surface area contributed by atoms with E-state index in [0.717, 1.165) is 0 Å². The summed E-state index contributed by atoms with van der Waals surface area (Å²) in [7, 11) is -4.73. The number of fused-ring (bicyclic) bond motifs is 1. The zero-order valence-corrected chi connectivity index (χ0v) is 17.1. The molecule has 0 unspecified atom stereocenters. The van der Waals surface area contributed by atoms with E-state index in [1.165, 1.54) is 18.2 Å². The zero-order valence-electron chi connectivity index (χ0n) is 13.1. The van der Waals surface area contributed by atoms with Crippen LogP contribution in [0.1, 0.15) is 5.56 Å². The van der Waals surface area contributed by atoms with Gasteiger partial charge in [-0.1, -0.05) is 0 Å². The number of hydrogen-bond donors (Lipinski definition) is 3. The zero-order chi connectivity index (χ0) is 19.2. The van der Waals surface area contributed by atoms with Gasteiger partial charge in [0.1, 0.15) is 22.8 Å². The molecule has 10 heteroatoms. The van der Waals surface area contributed by atoms with Crippen molar-refractivity contribution in [1.29, 1.82) is 0 Å². The molecule has 0 spiro atoms. The van der Waals surface area contributed by atoms with Crippen LogP contribution in [0.2, 0.25) is 0 Å². The Labute approximate surface area is 163 Å². The molecule has 0 bridgehead atoms. The summed E-state index contributed by atoms with van der Waals surface area (Å²) >= 11 is 6.47. The first-order valence-electron chi connectivity index (χ1n) is 7.08. The lowest BCUT2D eigenvalue weighted by Crippen LogP contribution is -2.07. The average Bonchev–Trinajstić information content (AvgIpc) is 2.54. The van der Waals surface area contributed by atoms with Crippen molar-refractivity contribution in [1.82, 2.24) is 0 Å². The normalized spacial score (nSPS) is 11.7. The maximum absolute atomic E-state index is 12.7. The minimum atomic E-state index is -4.73. The third kappa shape index (κ3) is 3.72. The van der Waals surface area contributed by atoms with E-state index < -0.39 is 7.82 Å². The van der Waals surface area contributed by atoms with Gasteiger partial charge in [-0.3, -0.25) is 14.6 Å². The topological polar surface area (TPSA) is 117 Å². The van der Waals surface area contributed by atoms with Crippen LogP contribution in [0.4, 0.5) is 0 Å². The first-order valence-corrected chi connectivity index (χ1v) is 10.2. The summed E-state index contributed by atoms with van der Waals surface area (Å²) < 4.78 is 22.1. The quantitative estimate of drug-likeness (QED) is 0.449. The third-order valence-corrected chi connectivity index (χ3v) is 5.25. The van der Waals surface area contributed by atoms with Crippen LogP contribution in [0.25, 0.3) is 22.3 Å². The standard InChI is InChI=1S/C16H11Br2O7P/c1-7-14(19)10-6-9(25-26(21,22)23)2-3-13(10)24-16(7)8-4-11(17)15(20)12(18)5-8/h2-6,20H,1H3,(H2,21,22,23). The van der Waals surface area contributed by atoms with Crippen molar-refractivity contribution in [3.8, 4) is 22.8 Å². The minimum Gasteiger partial charge on any atom is -0.506 e. The van der Waals surface area contributed by atoms with E-state index >= 15 is 0 Å². The van der Waals surface area contributed by atoms with Gasteiger partial charge in [0.25, 0.3) is 0 Å². The SMILES string of the molecule is Cc1c(-c2cc(Br)c(O)c(Br)c2)oc2ccc(OP(=O)(O)O)cc2c1=O. The van der Waals surface area contributed by atoms with Gasteiger partial charge in [0.15, 0.2) is 5.43 Å². The number of phosphoric ester groups is 1. The smallest absolute Gasteiger partial charge is 0.506 e. The predicted molar refractivity (Wildman–Crippen MR) is 102 cm³/mol. The molecule has 2 aromatic carbocycles. The van der Waals surface area contributed by atoms with Gasteiger partial charge < -0.3 is 14.0 Å². The van der Waals surface area contributed by atoms with Gasteiger partial charge in [-0.05, 0) is 69.1 Å². The summed E-state index contributed by atoms with van der Waals surface area (Å²) in [5, 5.41) is 9.97. The van der Waals surface area contributed by atoms with Crippen molar-refractivity contribution >= 4 is 50.7 Å². The molecule has 0 atom stereocenters. The molecule has 0 aliphatic rings.